The summed E-state index contributed by atoms with van der Waals surface area (Å²) in [6.45, 7) is 5.47. The average Bonchev–Trinajstić information content (AvgIpc) is 3.18. The van der Waals surface area contributed by atoms with Gasteiger partial charge in [0.15, 0.2) is 0 Å². The van der Waals surface area contributed by atoms with Gasteiger partial charge in [0.25, 0.3) is 0 Å². The maximum atomic E-state index is 13.1. The van der Waals surface area contributed by atoms with Gasteiger partial charge in [-0.3, -0.25) is 9.59 Å². The van der Waals surface area contributed by atoms with E-state index in [0.717, 1.165) is 32.1 Å². The highest BCUT2D eigenvalue weighted by atomic mass is 35.5. The van der Waals surface area contributed by atoms with Gasteiger partial charge >= 0.3 is 11.8 Å². The third kappa shape index (κ3) is 5.34. The molecule has 2 N–H and O–H groups in total. The number of fused-ring (bicyclic) bond motifs is 1. The largest absolute Gasteiger partial charge is 0.383 e. The van der Waals surface area contributed by atoms with Crippen LogP contribution in [0.2, 0.25) is 4.34 Å². The van der Waals surface area contributed by atoms with Gasteiger partial charge in [0, 0.05) is 29.9 Å². The smallest absolute Gasteiger partial charge is 0.312 e. The Morgan fingerprint density at radius 1 is 1.21 bits per heavy atom. The van der Waals surface area contributed by atoms with E-state index in [4.69, 9.17) is 17.3 Å². The lowest BCUT2D eigenvalue weighted by atomic mass is 9.99. The quantitative estimate of drug-likeness (QED) is 0.508. The number of carbonyl (C=O) groups excluding carboxylic acids is 2. The van der Waals surface area contributed by atoms with Gasteiger partial charge in [0.05, 0.1) is 15.9 Å². The molecule has 4 rings (SSSR count). The maximum absolute atomic E-state index is 13.1. The second-order valence-corrected chi connectivity index (χ2v) is 10.3. The summed E-state index contributed by atoms with van der Waals surface area (Å²) in [6.07, 6.45) is 6.10. The molecule has 0 spiro atoms. The molecule has 1 aromatic carbocycles. The maximum Gasteiger partial charge on any atom is 0.312 e. The van der Waals surface area contributed by atoms with Crippen molar-refractivity contribution in [3.8, 4) is 0 Å². The van der Waals surface area contributed by atoms with Crippen LogP contribution < -0.4 is 5.73 Å². The van der Waals surface area contributed by atoms with Crippen LogP contribution in [0.4, 0.5) is 5.82 Å². The topological polar surface area (TPSA) is 92.4 Å². The number of thiophene rings is 1. The molecule has 1 saturated heterocycles. The summed E-state index contributed by atoms with van der Waals surface area (Å²) in [4.78, 5) is 38.7. The molecule has 7 nitrogen and oxygen atoms in total. The van der Waals surface area contributed by atoms with Crippen LogP contribution in [0, 0.1) is 5.92 Å². The zero-order valence-corrected chi connectivity index (χ0v) is 20.1. The van der Waals surface area contributed by atoms with Crippen molar-refractivity contribution < 1.29 is 9.59 Å². The predicted molar refractivity (Wildman–Crippen MR) is 133 cm³/mol. The average molecular weight is 484 g/mol. The second kappa shape index (κ2) is 9.89. The zero-order valence-electron chi connectivity index (χ0n) is 18.6. The molecule has 33 heavy (non-hydrogen) atoms. The van der Waals surface area contributed by atoms with Crippen molar-refractivity contribution in [2.45, 2.75) is 32.9 Å². The third-order valence-electron chi connectivity index (χ3n) is 5.63. The molecule has 1 unspecified atom stereocenters. The number of nitrogens with zero attached hydrogens (tertiary/aromatic N) is 4. The Labute approximate surface area is 201 Å². The monoisotopic (exact) mass is 483 g/mol. The van der Waals surface area contributed by atoms with Gasteiger partial charge in [-0.2, -0.15) is 0 Å². The fraction of sp³-hybridized carbons (Fsp3) is 0.333. The van der Waals surface area contributed by atoms with Crippen LogP contribution in [0.5, 0.6) is 0 Å². The fourth-order valence-corrected chi connectivity index (χ4v) is 5.11. The summed E-state index contributed by atoms with van der Waals surface area (Å²) in [5.74, 6) is -0.139. The zero-order chi connectivity index (χ0) is 23.5. The van der Waals surface area contributed by atoms with E-state index in [9.17, 15) is 9.59 Å². The van der Waals surface area contributed by atoms with E-state index in [1.165, 1.54) is 17.7 Å². The van der Waals surface area contributed by atoms with Crippen molar-refractivity contribution >= 4 is 57.5 Å². The van der Waals surface area contributed by atoms with Gasteiger partial charge in [-0.25, -0.2) is 9.97 Å². The lowest BCUT2D eigenvalue weighted by Crippen LogP contribution is -2.59. The van der Waals surface area contributed by atoms with Crippen LogP contribution in [-0.4, -0.2) is 50.7 Å². The summed E-state index contributed by atoms with van der Waals surface area (Å²) in [5.41, 5.74) is 7.53. The van der Waals surface area contributed by atoms with Crippen molar-refractivity contribution in [3.63, 3.8) is 0 Å². The van der Waals surface area contributed by atoms with Crippen molar-refractivity contribution in [1.82, 2.24) is 19.8 Å². The molecule has 2 amide bonds. The van der Waals surface area contributed by atoms with Crippen molar-refractivity contribution in [3.05, 3.63) is 57.5 Å². The number of benzene rings is 1. The normalized spacial score (nSPS) is 17.2. The van der Waals surface area contributed by atoms with Crippen LogP contribution in [0.15, 0.2) is 42.7 Å². The molecule has 2 aromatic heterocycles. The molecular weight excluding hydrogens is 458 g/mol. The molecule has 1 fully saturated rings. The number of halogens is 1. The number of hydrogen-bond donors (Lipinski definition) is 1. The Bertz CT molecular complexity index is 1210. The Morgan fingerprint density at radius 2 is 2.03 bits per heavy atom. The number of rotatable bonds is 7. The van der Waals surface area contributed by atoms with Gasteiger partial charge in [0.2, 0.25) is 0 Å². The van der Waals surface area contributed by atoms with E-state index in [1.807, 2.05) is 42.5 Å². The van der Waals surface area contributed by atoms with Gasteiger partial charge in [-0.1, -0.05) is 37.6 Å². The van der Waals surface area contributed by atoms with Crippen LogP contribution >= 0.6 is 22.9 Å². The van der Waals surface area contributed by atoms with E-state index in [2.05, 4.69) is 23.8 Å². The molecule has 9 heteroatoms. The first-order chi connectivity index (χ1) is 15.8. The minimum Gasteiger partial charge on any atom is -0.383 e. The van der Waals surface area contributed by atoms with E-state index in [1.54, 1.807) is 9.80 Å². The first kappa shape index (κ1) is 23.2. The highest BCUT2D eigenvalue weighted by molar-refractivity contribution is 7.16. The van der Waals surface area contributed by atoms with Crippen LogP contribution in [0.3, 0.4) is 0 Å². The number of carbonyl (C=O) groups is 2. The highest BCUT2D eigenvalue weighted by Gasteiger charge is 2.38. The number of nitrogens with two attached hydrogens (primary N) is 1. The summed E-state index contributed by atoms with van der Waals surface area (Å²) < 4.78 is 0.718. The molecule has 3 heterocycles. The number of aromatic nitrogens is 2. The third-order valence-corrected chi connectivity index (χ3v) is 6.83. The van der Waals surface area contributed by atoms with E-state index in [-0.39, 0.29) is 6.04 Å². The summed E-state index contributed by atoms with van der Waals surface area (Å²) in [6, 6.07) is 9.37. The Kier molecular flexibility index (Phi) is 6.95. The van der Waals surface area contributed by atoms with Gasteiger partial charge in [-0.05, 0) is 48.2 Å². The molecule has 1 atom stereocenters. The molecule has 0 radical (unpaired) electrons. The van der Waals surface area contributed by atoms with E-state index >= 15 is 0 Å². The Balaban J connectivity index is 1.51. The molecule has 172 valence electrons. The van der Waals surface area contributed by atoms with Gasteiger partial charge in [-0.15, -0.1) is 11.3 Å². The van der Waals surface area contributed by atoms with Gasteiger partial charge < -0.3 is 15.5 Å². The fourth-order valence-electron chi connectivity index (χ4n) is 4.12. The molecule has 0 saturated carbocycles. The molecule has 0 aliphatic carbocycles. The van der Waals surface area contributed by atoms with Crippen molar-refractivity contribution in [2.75, 3.05) is 18.8 Å². The van der Waals surface area contributed by atoms with Gasteiger partial charge in [0.1, 0.15) is 12.1 Å². The number of nitrogen functional groups attached to an aromatic ring is 1. The Hall–Kier alpha value is -2.97. The number of hydrogen-bond acceptors (Lipinski definition) is 6. The van der Waals surface area contributed by atoms with Crippen molar-refractivity contribution in [2.24, 2.45) is 5.92 Å². The summed E-state index contributed by atoms with van der Waals surface area (Å²) in [5, 5.41) is 0.768. The second-order valence-electron chi connectivity index (χ2n) is 8.58. The molecule has 3 aromatic rings. The van der Waals surface area contributed by atoms with Crippen LogP contribution in [-0.2, 0) is 16.1 Å². The van der Waals surface area contributed by atoms with Crippen LogP contribution in [0.25, 0.3) is 17.0 Å². The summed E-state index contributed by atoms with van der Waals surface area (Å²) >= 11 is 7.46. The molecular formula is C24H26ClN5O2S. The van der Waals surface area contributed by atoms with Crippen LogP contribution in [0.1, 0.15) is 30.7 Å². The predicted octanol–water partition coefficient (Wildman–Crippen LogP) is 4.23. The SMILES string of the molecule is CC(C)CC1CN(Cc2ccc3c(N)ncnc3c2)C(=O)C(=O)N1CC=Cc1ccc(Cl)s1. The lowest BCUT2D eigenvalue weighted by molar-refractivity contribution is -0.159. The Morgan fingerprint density at radius 3 is 2.76 bits per heavy atom. The molecule has 0 bridgehead atoms. The number of anilines is 1. The minimum atomic E-state index is -0.482. The van der Waals surface area contributed by atoms with Crippen molar-refractivity contribution in [1.29, 1.82) is 0 Å². The van der Waals surface area contributed by atoms with E-state index in [0.29, 0.717) is 31.4 Å². The number of amides is 2. The summed E-state index contributed by atoms with van der Waals surface area (Å²) in [7, 11) is 0. The first-order valence-corrected chi connectivity index (χ1v) is 12.0. The highest BCUT2D eigenvalue weighted by Crippen LogP contribution is 2.25. The molecule has 1 aliphatic rings. The first-order valence-electron chi connectivity index (χ1n) is 10.8. The van der Waals surface area contributed by atoms with E-state index < -0.39 is 11.8 Å². The minimum absolute atomic E-state index is 0.0507. The number of piperazine rings is 1. The standard InChI is InChI=1S/C24H26ClN5O2S/c1-15(2)10-17-13-29(12-16-5-7-19-20(11-16)27-14-28-22(19)26)23(31)24(32)30(17)9-3-4-18-6-8-21(25)33-18/h3-8,11,14-15,17H,9-10,12-13H2,1-2H3,(H2,26,27,28). The lowest BCUT2D eigenvalue weighted by Gasteiger charge is -2.41. The molecule has 1 aliphatic heterocycles.